The summed E-state index contributed by atoms with van der Waals surface area (Å²) in [5, 5.41) is 24.4. The molecule has 12 heteroatoms. The monoisotopic (exact) mass is 832 g/mol. The van der Waals surface area contributed by atoms with Crippen LogP contribution in [0.1, 0.15) is 112 Å². The van der Waals surface area contributed by atoms with Crippen LogP contribution in [0, 0.1) is 11.3 Å². The Bertz CT molecular complexity index is 1790. The fraction of sp³-hybridized carbons (Fsp3) is 0.542. The normalized spacial score (nSPS) is 17.4. The van der Waals surface area contributed by atoms with Crippen LogP contribution >= 0.6 is 0 Å². The molecule has 4 rings (SSSR count). The van der Waals surface area contributed by atoms with E-state index in [-0.39, 0.29) is 36.1 Å². The van der Waals surface area contributed by atoms with E-state index in [2.05, 4.69) is 52.2 Å². The molecule has 3 aromatic rings. The number of benzene rings is 3. The number of carboxylic acid groups (broad SMARTS) is 2. The predicted molar refractivity (Wildman–Crippen MR) is 234 cm³/mol. The lowest BCUT2D eigenvalue weighted by molar-refractivity contribution is -0.150. The van der Waals surface area contributed by atoms with Crippen molar-refractivity contribution in [2.45, 2.75) is 144 Å². The highest BCUT2D eigenvalue weighted by Gasteiger charge is 2.31. The lowest BCUT2D eigenvalue weighted by Gasteiger charge is -2.37. The van der Waals surface area contributed by atoms with Crippen molar-refractivity contribution in [3.05, 3.63) is 89.5 Å². The number of carbonyl (C=O) groups is 4. The molecule has 330 valence electrons. The highest BCUT2D eigenvalue weighted by Crippen LogP contribution is 2.37. The number of hydrogen-bond donors (Lipinski definition) is 4. The molecule has 0 aliphatic heterocycles. The minimum Gasteiger partial charge on any atom is -0.481 e. The van der Waals surface area contributed by atoms with Gasteiger partial charge in [0.2, 0.25) is 0 Å². The zero-order chi connectivity index (χ0) is 44.6. The van der Waals surface area contributed by atoms with E-state index in [9.17, 15) is 29.4 Å². The number of rotatable bonds is 18. The van der Waals surface area contributed by atoms with E-state index >= 15 is 0 Å². The minimum absolute atomic E-state index is 0.0538. The fourth-order valence-corrected chi connectivity index (χ4v) is 6.91. The third kappa shape index (κ3) is 16.6. The molecule has 3 aromatic carbocycles. The van der Waals surface area contributed by atoms with Crippen molar-refractivity contribution < 1.29 is 48.3 Å². The van der Waals surface area contributed by atoms with Crippen molar-refractivity contribution in [2.24, 2.45) is 11.3 Å². The van der Waals surface area contributed by atoms with Crippen molar-refractivity contribution in [3.8, 4) is 11.5 Å². The summed E-state index contributed by atoms with van der Waals surface area (Å²) in [4.78, 5) is 47.4. The van der Waals surface area contributed by atoms with Crippen molar-refractivity contribution >= 4 is 29.4 Å². The van der Waals surface area contributed by atoms with Crippen molar-refractivity contribution in [2.75, 3.05) is 18.5 Å². The summed E-state index contributed by atoms with van der Waals surface area (Å²) in [6, 6.07) is 22.1. The number of aliphatic carboxylic acids is 2. The van der Waals surface area contributed by atoms with Gasteiger partial charge in [0.05, 0.1) is 0 Å². The molecule has 1 saturated carbocycles. The number of carbonyl (C=O) groups excluding carboxylic acids is 2. The summed E-state index contributed by atoms with van der Waals surface area (Å²) in [7, 11) is 0. The first kappa shape index (κ1) is 49.4. The maximum absolute atomic E-state index is 12.5. The number of hydrogen-bond acceptors (Lipinski definition) is 8. The number of nitrogens with one attached hydrogen (secondary N) is 2. The largest absolute Gasteiger partial charge is 0.481 e. The standard InChI is InChI=1S/C24H37NO5.C24H31NO5/c2*1-6-29-21(23(27)28)15-17-7-13-20(14-8-17)30-16(2)22(26)25-19-11-9-18(10-12-19)24(3,4)5/h7-8,13-14,16,18-19,21H,6,9-12,15H2,1-5H3,(H,25,26)(H,27,28);7-14,16,21H,6,15H2,1-5H3,(H,25,26)(H,27,28)/t;16-,21+/m.1/s1. The van der Waals surface area contributed by atoms with Gasteiger partial charge in [0.25, 0.3) is 11.8 Å². The second kappa shape index (κ2) is 23.2. The Kier molecular flexibility index (Phi) is 19.1. The van der Waals surface area contributed by atoms with Crippen LogP contribution in [-0.2, 0) is 46.9 Å². The molecule has 2 unspecified atom stereocenters. The van der Waals surface area contributed by atoms with Gasteiger partial charge in [-0.1, -0.05) is 77.9 Å². The van der Waals surface area contributed by atoms with Gasteiger partial charge in [0, 0.05) is 37.8 Å². The number of ether oxygens (including phenoxy) is 4. The van der Waals surface area contributed by atoms with Crippen LogP contribution in [0.4, 0.5) is 5.69 Å². The number of anilines is 1. The van der Waals surface area contributed by atoms with E-state index in [1.54, 1.807) is 64.1 Å². The molecule has 4 N–H and O–H groups in total. The lowest BCUT2D eigenvalue weighted by atomic mass is 9.71. The molecule has 4 atom stereocenters. The van der Waals surface area contributed by atoms with Crippen LogP contribution in [0.15, 0.2) is 72.8 Å². The van der Waals surface area contributed by atoms with Crippen molar-refractivity contribution in [3.63, 3.8) is 0 Å². The quantitative estimate of drug-likeness (QED) is 0.0974. The smallest absolute Gasteiger partial charge is 0.333 e. The summed E-state index contributed by atoms with van der Waals surface area (Å²) in [6.07, 6.45) is 1.85. The van der Waals surface area contributed by atoms with E-state index in [1.807, 2.05) is 36.4 Å². The van der Waals surface area contributed by atoms with Crippen molar-refractivity contribution in [1.82, 2.24) is 5.32 Å². The Morgan fingerprint density at radius 2 is 1.05 bits per heavy atom. The molecule has 2 amide bonds. The molecule has 0 bridgehead atoms. The van der Waals surface area contributed by atoms with Gasteiger partial charge < -0.3 is 39.8 Å². The summed E-state index contributed by atoms with van der Waals surface area (Å²) < 4.78 is 22.0. The van der Waals surface area contributed by atoms with Gasteiger partial charge in [0.15, 0.2) is 24.4 Å². The molecule has 1 aliphatic rings. The average Bonchev–Trinajstić information content (AvgIpc) is 3.18. The summed E-state index contributed by atoms with van der Waals surface area (Å²) >= 11 is 0. The van der Waals surface area contributed by atoms with Gasteiger partial charge in [-0.15, -0.1) is 0 Å². The first-order chi connectivity index (χ1) is 28.2. The molecule has 1 fully saturated rings. The van der Waals surface area contributed by atoms with Gasteiger partial charge in [-0.2, -0.15) is 0 Å². The Labute approximate surface area is 356 Å². The highest BCUT2D eigenvalue weighted by atomic mass is 16.5. The van der Waals surface area contributed by atoms with E-state index in [4.69, 9.17) is 18.9 Å². The topological polar surface area (TPSA) is 170 Å². The zero-order valence-electron chi connectivity index (χ0n) is 37.2. The Balaban J connectivity index is 0.000000320. The second-order valence-electron chi connectivity index (χ2n) is 17.5. The number of carboxylic acids is 2. The second-order valence-corrected chi connectivity index (χ2v) is 17.5. The highest BCUT2D eigenvalue weighted by molar-refractivity contribution is 5.94. The third-order valence-electron chi connectivity index (χ3n) is 10.7. The molecule has 1 aliphatic carbocycles. The predicted octanol–water partition coefficient (Wildman–Crippen LogP) is 8.63. The average molecular weight is 833 g/mol. The Morgan fingerprint density at radius 3 is 1.42 bits per heavy atom. The maximum atomic E-state index is 12.5. The molecular formula is C48H68N2O10. The summed E-state index contributed by atoms with van der Waals surface area (Å²) in [5.74, 6) is -0.474. The molecule has 0 aromatic heterocycles. The van der Waals surface area contributed by atoms with Gasteiger partial charge in [-0.3, -0.25) is 9.59 Å². The van der Waals surface area contributed by atoms with Crippen LogP contribution in [0.3, 0.4) is 0 Å². The summed E-state index contributed by atoms with van der Waals surface area (Å²) in [6.45, 7) is 20.9. The third-order valence-corrected chi connectivity index (χ3v) is 10.7. The molecule has 0 spiro atoms. The molecule has 0 saturated heterocycles. The van der Waals surface area contributed by atoms with Gasteiger partial charge in [0.1, 0.15) is 11.5 Å². The Morgan fingerprint density at radius 1 is 0.633 bits per heavy atom. The van der Waals surface area contributed by atoms with Crippen LogP contribution in [-0.4, -0.2) is 77.6 Å². The van der Waals surface area contributed by atoms with E-state index in [0.717, 1.165) is 42.5 Å². The first-order valence-electron chi connectivity index (χ1n) is 21.1. The molecule has 0 radical (unpaired) electrons. The molecular weight excluding hydrogens is 765 g/mol. The van der Waals surface area contributed by atoms with E-state index in [0.29, 0.717) is 36.0 Å². The van der Waals surface area contributed by atoms with Crippen LogP contribution in [0.5, 0.6) is 11.5 Å². The number of amides is 2. The van der Waals surface area contributed by atoms with Crippen LogP contribution in [0.25, 0.3) is 0 Å². The van der Waals surface area contributed by atoms with E-state index < -0.39 is 36.4 Å². The zero-order valence-corrected chi connectivity index (χ0v) is 37.2. The minimum atomic E-state index is -0.988. The van der Waals surface area contributed by atoms with Crippen molar-refractivity contribution in [1.29, 1.82) is 0 Å². The SMILES string of the molecule is CCOC(Cc1ccc(OC(C)C(=O)NC2CCC(C(C)(C)C)CC2)cc1)C(=O)O.CCO[C@@H](Cc1ccc(O[C@H](C)C(=O)Nc2ccc(C(C)(C)C)cc2)cc1)C(=O)O. The first-order valence-corrected chi connectivity index (χ1v) is 21.1. The lowest BCUT2D eigenvalue weighted by Crippen LogP contribution is -2.44. The Hall–Kier alpha value is -4.94. The molecule has 12 nitrogen and oxygen atoms in total. The summed E-state index contributed by atoms with van der Waals surface area (Å²) in [5.41, 5.74) is 3.95. The van der Waals surface area contributed by atoms with Crippen LogP contribution < -0.4 is 20.1 Å². The van der Waals surface area contributed by atoms with E-state index in [1.165, 1.54) is 5.56 Å². The fourth-order valence-electron chi connectivity index (χ4n) is 6.91. The maximum Gasteiger partial charge on any atom is 0.333 e. The molecule has 60 heavy (non-hydrogen) atoms. The van der Waals surface area contributed by atoms with Gasteiger partial charge in [-0.05, 0) is 123 Å². The van der Waals surface area contributed by atoms with Gasteiger partial charge >= 0.3 is 11.9 Å². The molecule has 0 heterocycles. The van der Waals surface area contributed by atoms with Crippen LogP contribution in [0.2, 0.25) is 0 Å². The van der Waals surface area contributed by atoms with Gasteiger partial charge in [-0.25, -0.2) is 9.59 Å².